The van der Waals surface area contributed by atoms with E-state index in [1.807, 2.05) is 0 Å². The molecule has 275 valence electrons. The molecule has 0 aromatic rings. The second kappa shape index (κ2) is 16.6. The summed E-state index contributed by atoms with van der Waals surface area (Å²) in [6.07, 6.45) is 5.94. The molecule has 5 fully saturated rings. The van der Waals surface area contributed by atoms with E-state index in [1.165, 1.54) is 7.11 Å². The van der Waals surface area contributed by atoms with E-state index in [4.69, 9.17) is 10.5 Å². The molecule has 5 rings (SSSR count). The minimum Gasteiger partial charge on any atom is -0.391 e. The van der Waals surface area contributed by atoms with Gasteiger partial charge >= 0.3 is 0 Å². The fourth-order valence-electron chi connectivity index (χ4n) is 8.54. The summed E-state index contributed by atoms with van der Waals surface area (Å²) in [5.74, 6) is -0.252. The molecule has 1 radical (unpaired) electrons. The van der Waals surface area contributed by atoms with Crippen molar-refractivity contribution in [3.8, 4) is 0 Å². The maximum Gasteiger partial charge on any atom is 0.270 e. The molecule has 18 heteroatoms. The van der Waals surface area contributed by atoms with Crippen molar-refractivity contribution >= 4 is 20.2 Å². The van der Waals surface area contributed by atoms with Crippen LogP contribution in [0.1, 0.15) is 89.9 Å². The summed E-state index contributed by atoms with van der Waals surface area (Å²) in [5, 5.41) is 41.5. The van der Waals surface area contributed by atoms with E-state index >= 15 is 0 Å². The molecule has 0 aromatic heterocycles. The first kappa shape index (κ1) is 39.1. The van der Waals surface area contributed by atoms with Gasteiger partial charge in [-0.2, -0.15) is 37.3 Å². The number of ether oxygens (including phenoxy) is 1. The van der Waals surface area contributed by atoms with E-state index in [1.54, 1.807) is 0 Å². The molecule has 10 unspecified atom stereocenters. The van der Waals surface area contributed by atoms with Gasteiger partial charge in [0.25, 0.3) is 20.2 Å². The van der Waals surface area contributed by atoms with Crippen LogP contribution in [0.3, 0.4) is 0 Å². The molecule has 0 aliphatic heterocycles. The van der Waals surface area contributed by atoms with E-state index in [0.717, 1.165) is 38.5 Å². The van der Waals surface area contributed by atoms with Gasteiger partial charge in [-0.25, -0.2) is 0 Å². The van der Waals surface area contributed by atoms with Gasteiger partial charge in [-0.3, -0.25) is 9.11 Å². The molecule has 0 amide bonds. The molecule has 0 saturated heterocycles. The van der Waals surface area contributed by atoms with Crippen molar-refractivity contribution in [2.75, 3.05) is 7.11 Å². The van der Waals surface area contributed by atoms with Crippen molar-refractivity contribution in [3.63, 3.8) is 0 Å². The monoisotopic (exact) mass is 755 g/mol. The van der Waals surface area contributed by atoms with Gasteiger partial charge in [-0.1, -0.05) is 0 Å². The maximum absolute atomic E-state index is 12.6. The molecule has 15 nitrogen and oxygen atoms in total. The SMILES string of the molecule is COC1CC(N=NC2C(O)C3CCC(NC4CCC(N)CC4)CC3CC2S(=O)(=O)O)C(O)CC1N=NC1CCC(S(=O)(=O)O)CC1.[Cu]. The van der Waals surface area contributed by atoms with E-state index in [9.17, 15) is 36.2 Å². The van der Waals surface area contributed by atoms with Crippen LogP contribution in [0.15, 0.2) is 20.5 Å². The molecule has 0 heterocycles. The number of aliphatic hydroxyl groups is 2. The van der Waals surface area contributed by atoms with Crippen molar-refractivity contribution in [2.24, 2.45) is 38.0 Å². The van der Waals surface area contributed by atoms with Gasteiger partial charge in [0.1, 0.15) is 11.3 Å². The Labute approximate surface area is 288 Å². The van der Waals surface area contributed by atoms with E-state index in [-0.39, 0.29) is 66.3 Å². The molecule has 0 spiro atoms. The summed E-state index contributed by atoms with van der Waals surface area (Å²) in [4.78, 5) is 0. The summed E-state index contributed by atoms with van der Waals surface area (Å²) in [6.45, 7) is 0. The molecule has 5 saturated carbocycles. The number of hydrogen-bond donors (Lipinski definition) is 6. The van der Waals surface area contributed by atoms with Gasteiger partial charge in [-0.15, -0.1) is 0 Å². The van der Waals surface area contributed by atoms with Gasteiger partial charge in [0, 0.05) is 55.1 Å². The molecular weight excluding hydrogens is 704 g/mol. The normalized spacial score (nSPS) is 43.8. The van der Waals surface area contributed by atoms with Crippen LogP contribution in [0, 0.1) is 11.8 Å². The second-order valence-electron chi connectivity index (χ2n) is 14.3. The standard InChI is InChI=1S/C29H52N6O9S2.Cu/c1-44-26-15-23(25(36)14-24(26)34-32-19-6-9-21(10-7-19)45(38,39)40)33-35-28-27(46(41,42)43)13-16-12-20(8-11-22(16)29(28)37)31-18-4-2-17(30)3-5-18;/h16-29,31,36-37H,2-15,30H2,1H3,(H,38,39,40)(H,41,42,43);. The zero-order valence-electron chi connectivity index (χ0n) is 26.8. The molecule has 5 aliphatic rings. The Balaban J connectivity index is 0.00000500. The summed E-state index contributed by atoms with van der Waals surface area (Å²) < 4.78 is 73.0. The largest absolute Gasteiger partial charge is 0.391 e. The summed E-state index contributed by atoms with van der Waals surface area (Å²) in [6, 6.07) is -1.66. The van der Waals surface area contributed by atoms with Crippen LogP contribution in [0.4, 0.5) is 0 Å². The van der Waals surface area contributed by atoms with Gasteiger partial charge < -0.3 is 26.0 Å². The van der Waals surface area contributed by atoms with Crippen LogP contribution in [-0.2, 0) is 42.0 Å². The average Bonchev–Trinajstić information content (AvgIpc) is 3.00. The predicted molar refractivity (Wildman–Crippen MR) is 169 cm³/mol. The smallest absolute Gasteiger partial charge is 0.270 e. The van der Waals surface area contributed by atoms with Crippen molar-refractivity contribution in [2.45, 2.75) is 161 Å². The average molecular weight is 756 g/mol. The molecule has 5 aliphatic carbocycles. The number of fused-ring (bicyclic) bond motifs is 1. The minimum atomic E-state index is -4.54. The fraction of sp³-hybridized carbons (Fsp3) is 1.00. The number of methoxy groups -OCH3 is 1. The summed E-state index contributed by atoms with van der Waals surface area (Å²) in [5.41, 5.74) is 6.05. The molecular formula is C29H52CuN6O9S2. The van der Waals surface area contributed by atoms with Crippen LogP contribution < -0.4 is 11.1 Å². The predicted octanol–water partition coefficient (Wildman–Crippen LogP) is 2.03. The third-order valence-electron chi connectivity index (χ3n) is 11.3. The Morgan fingerprint density at radius 3 is 1.98 bits per heavy atom. The first-order chi connectivity index (χ1) is 21.7. The maximum atomic E-state index is 12.6. The molecule has 47 heavy (non-hydrogen) atoms. The third kappa shape index (κ3) is 9.99. The van der Waals surface area contributed by atoms with Crippen molar-refractivity contribution < 1.29 is 58.0 Å². The Bertz CT molecular complexity index is 1290. The Hall–Kier alpha value is -0.661. The van der Waals surface area contributed by atoms with E-state index < -0.39 is 67.2 Å². The fourth-order valence-corrected chi connectivity index (χ4v) is 10.5. The number of nitrogens with one attached hydrogen (secondary N) is 1. The third-order valence-corrected chi connectivity index (χ3v) is 13.8. The van der Waals surface area contributed by atoms with Crippen LogP contribution in [0.2, 0.25) is 0 Å². The summed E-state index contributed by atoms with van der Waals surface area (Å²) in [7, 11) is -7.09. The van der Waals surface area contributed by atoms with E-state index in [2.05, 4.69) is 25.8 Å². The molecule has 7 N–H and O–H groups in total. The Morgan fingerprint density at radius 1 is 0.723 bits per heavy atom. The van der Waals surface area contributed by atoms with Crippen LogP contribution in [-0.4, -0.2) is 114 Å². The first-order valence-electron chi connectivity index (χ1n) is 16.9. The van der Waals surface area contributed by atoms with E-state index in [0.29, 0.717) is 38.1 Å². The second-order valence-corrected chi connectivity index (χ2v) is 17.7. The number of nitrogens with zero attached hydrogens (tertiary/aromatic N) is 4. The molecule has 10 atom stereocenters. The van der Waals surface area contributed by atoms with Gasteiger partial charge in [0.15, 0.2) is 0 Å². The zero-order valence-corrected chi connectivity index (χ0v) is 29.4. The number of hydrogen-bond acceptors (Lipinski definition) is 13. The van der Waals surface area contributed by atoms with Crippen molar-refractivity contribution in [1.29, 1.82) is 0 Å². The number of aliphatic hydroxyl groups excluding tert-OH is 2. The Morgan fingerprint density at radius 2 is 1.36 bits per heavy atom. The van der Waals surface area contributed by atoms with Crippen LogP contribution >= 0.6 is 0 Å². The number of nitrogens with two attached hydrogens (primary N) is 1. The topological polar surface area (TPSA) is 246 Å². The first-order valence-corrected chi connectivity index (χ1v) is 19.9. The van der Waals surface area contributed by atoms with Gasteiger partial charge in [-0.05, 0) is 88.9 Å². The number of rotatable bonds is 9. The minimum absolute atomic E-state index is 0. The van der Waals surface area contributed by atoms with Crippen molar-refractivity contribution in [3.05, 3.63) is 0 Å². The zero-order chi connectivity index (χ0) is 33.2. The molecule has 0 bridgehead atoms. The Kier molecular flexibility index (Phi) is 13.8. The quantitative estimate of drug-likeness (QED) is 0.113. The number of azo groups is 2. The van der Waals surface area contributed by atoms with Crippen LogP contribution in [0.5, 0.6) is 0 Å². The summed E-state index contributed by atoms with van der Waals surface area (Å²) >= 11 is 0. The van der Waals surface area contributed by atoms with Gasteiger partial charge in [0.05, 0.1) is 41.7 Å². The van der Waals surface area contributed by atoms with Crippen molar-refractivity contribution in [1.82, 2.24) is 5.32 Å². The van der Waals surface area contributed by atoms with Crippen LogP contribution in [0.25, 0.3) is 0 Å². The van der Waals surface area contributed by atoms with Gasteiger partial charge in [0.2, 0.25) is 0 Å². The molecule has 0 aromatic carbocycles.